The van der Waals surface area contributed by atoms with Crippen molar-refractivity contribution in [3.8, 4) is 5.69 Å². The number of para-hydroxylation sites is 1. The van der Waals surface area contributed by atoms with Crippen LogP contribution >= 0.6 is 11.6 Å². The fourth-order valence-corrected chi connectivity index (χ4v) is 1.87. The van der Waals surface area contributed by atoms with Crippen LogP contribution in [0.2, 0.25) is 0 Å². The van der Waals surface area contributed by atoms with E-state index >= 15 is 0 Å². The molecule has 0 unspecified atom stereocenters. The van der Waals surface area contributed by atoms with E-state index in [1.165, 1.54) is 5.56 Å². The van der Waals surface area contributed by atoms with Crippen LogP contribution in [0, 0.1) is 0 Å². The summed E-state index contributed by atoms with van der Waals surface area (Å²) < 4.78 is 1.91. The number of benzene rings is 1. The molecule has 0 amide bonds. The zero-order chi connectivity index (χ0) is 10.7. The normalized spacial score (nSPS) is 10.5. The van der Waals surface area contributed by atoms with Crippen LogP contribution in [0.5, 0.6) is 0 Å². The standard InChI is InChI=1S/C12H13ClN2/c1-2-10-5-3-4-6-12(10)15-11(9-13)7-8-14-15/h3-8H,2,9H2,1H3. The molecule has 0 aliphatic rings. The Morgan fingerprint density at radius 1 is 1.27 bits per heavy atom. The summed E-state index contributed by atoms with van der Waals surface area (Å²) in [6.07, 6.45) is 2.78. The highest BCUT2D eigenvalue weighted by Crippen LogP contribution is 2.17. The Morgan fingerprint density at radius 2 is 2.07 bits per heavy atom. The minimum absolute atomic E-state index is 0.484. The first kappa shape index (κ1) is 10.2. The lowest BCUT2D eigenvalue weighted by Gasteiger charge is -2.09. The minimum atomic E-state index is 0.484. The summed E-state index contributed by atoms with van der Waals surface area (Å²) in [4.78, 5) is 0. The van der Waals surface area contributed by atoms with Gasteiger partial charge in [-0.05, 0) is 24.1 Å². The number of halogens is 1. The van der Waals surface area contributed by atoms with Crippen molar-refractivity contribution in [3.63, 3.8) is 0 Å². The first-order valence-electron chi connectivity index (χ1n) is 5.04. The highest BCUT2D eigenvalue weighted by Gasteiger charge is 2.06. The molecule has 15 heavy (non-hydrogen) atoms. The molecule has 0 aliphatic heterocycles. The minimum Gasteiger partial charge on any atom is -0.236 e. The SMILES string of the molecule is CCc1ccccc1-n1nccc1CCl. The smallest absolute Gasteiger partial charge is 0.0681 e. The van der Waals surface area contributed by atoms with Gasteiger partial charge in [-0.15, -0.1) is 11.6 Å². The highest BCUT2D eigenvalue weighted by atomic mass is 35.5. The van der Waals surface area contributed by atoms with Gasteiger partial charge in [-0.2, -0.15) is 5.10 Å². The molecular weight excluding hydrogens is 208 g/mol. The molecule has 0 spiro atoms. The third-order valence-corrected chi connectivity index (χ3v) is 2.73. The Morgan fingerprint density at radius 3 is 2.80 bits per heavy atom. The monoisotopic (exact) mass is 220 g/mol. The predicted octanol–water partition coefficient (Wildman–Crippen LogP) is 3.17. The Kier molecular flexibility index (Phi) is 3.07. The Bertz CT molecular complexity index is 448. The maximum atomic E-state index is 5.86. The molecule has 0 saturated heterocycles. The maximum Gasteiger partial charge on any atom is 0.0681 e. The molecule has 0 saturated carbocycles. The summed E-state index contributed by atoms with van der Waals surface area (Å²) in [7, 11) is 0. The van der Waals surface area contributed by atoms with Gasteiger partial charge >= 0.3 is 0 Å². The molecule has 1 aromatic carbocycles. The summed E-state index contributed by atoms with van der Waals surface area (Å²) in [5, 5.41) is 4.30. The molecule has 3 heteroatoms. The van der Waals surface area contributed by atoms with Crippen molar-refractivity contribution in [2.75, 3.05) is 0 Å². The lowest BCUT2D eigenvalue weighted by Crippen LogP contribution is -2.03. The summed E-state index contributed by atoms with van der Waals surface area (Å²) in [6, 6.07) is 10.2. The fraction of sp³-hybridized carbons (Fsp3) is 0.250. The van der Waals surface area contributed by atoms with Crippen molar-refractivity contribution in [1.82, 2.24) is 9.78 Å². The number of rotatable bonds is 3. The first-order chi connectivity index (χ1) is 7.36. The average Bonchev–Trinajstić information content (AvgIpc) is 2.76. The molecule has 2 rings (SSSR count). The number of alkyl halides is 1. The lowest BCUT2D eigenvalue weighted by atomic mass is 10.1. The Balaban J connectivity index is 2.53. The second-order valence-corrected chi connectivity index (χ2v) is 3.62. The fourth-order valence-electron chi connectivity index (χ4n) is 1.67. The van der Waals surface area contributed by atoms with Crippen molar-refractivity contribution in [1.29, 1.82) is 0 Å². The van der Waals surface area contributed by atoms with E-state index in [0.29, 0.717) is 5.88 Å². The van der Waals surface area contributed by atoms with E-state index in [4.69, 9.17) is 11.6 Å². The van der Waals surface area contributed by atoms with Crippen LogP contribution in [0.1, 0.15) is 18.2 Å². The lowest BCUT2D eigenvalue weighted by molar-refractivity contribution is 0.826. The van der Waals surface area contributed by atoms with Crippen molar-refractivity contribution in [2.45, 2.75) is 19.2 Å². The predicted molar refractivity (Wildman–Crippen MR) is 62.5 cm³/mol. The van der Waals surface area contributed by atoms with E-state index in [2.05, 4.69) is 24.2 Å². The van der Waals surface area contributed by atoms with Crippen molar-refractivity contribution >= 4 is 11.6 Å². The zero-order valence-corrected chi connectivity index (χ0v) is 9.41. The number of aryl methyl sites for hydroxylation is 1. The van der Waals surface area contributed by atoms with Gasteiger partial charge < -0.3 is 0 Å². The summed E-state index contributed by atoms with van der Waals surface area (Å²) >= 11 is 5.86. The molecule has 2 aromatic rings. The molecule has 0 aliphatic carbocycles. The van der Waals surface area contributed by atoms with Gasteiger partial charge in [-0.3, -0.25) is 0 Å². The van der Waals surface area contributed by atoms with Gasteiger partial charge in [-0.1, -0.05) is 25.1 Å². The van der Waals surface area contributed by atoms with Crippen LogP contribution in [-0.2, 0) is 12.3 Å². The third-order valence-electron chi connectivity index (χ3n) is 2.46. The number of hydrogen-bond donors (Lipinski definition) is 0. The highest BCUT2D eigenvalue weighted by molar-refractivity contribution is 6.16. The largest absolute Gasteiger partial charge is 0.236 e. The molecule has 0 N–H and O–H groups in total. The molecular formula is C12H13ClN2. The van der Waals surface area contributed by atoms with Gasteiger partial charge in [0, 0.05) is 6.20 Å². The average molecular weight is 221 g/mol. The second-order valence-electron chi connectivity index (χ2n) is 3.35. The van der Waals surface area contributed by atoms with Crippen LogP contribution < -0.4 is 0 Å². The molecule has 78 valence electrons. The quantitative estimate of drug-likeness (QED) is 0.727. The van der Waals surface area contributed by atoms with Crippen LogP contribution in [0.3, 0.4) is 0 Å². The Hall–Kier alpha value is -1.28. The maximum absolute atomic E-state index is 5.86. The molecule has 2 nitrogen and oxygen atoms in total. The summed E-state index contributed by atoms with van der Waals surface area (Å²) in [5.41, 5.74) is 3.44. The van der Waals surface area contributed by atoms with E-state index in [0.717, 1.165) is 17.8 Å². The molecule has 0 atom stereocenters. The van der Waals surface area contributed by atoms with Gasteiger partial charge in [0.1, 0.15) is 0 Å². The van der Waals surface area contributed by atoms with Gasteiger partial charge in [-0.25, -0.2) is 4.68 Å². The zero-order valence-electron chi connectivity index (χ0n) is 8.65. The van der Waals surface area contributed by atoms with Crippen molar-refractivity contribution in [2.24, 2.45) is 0 Å². The van der Waals surface area contributed by atoms with Crippen molar-refractivity contribution < 1.29 is 0 Å². The van der Waals surface area contributed by atoms with Crippen LogP contribution in [0.25, 0.3) is 5.69 Å². The van der Waals surface area contributed by atoms with Crippen LogP contribution in [0.15, 0.2) is 36.5 Å². The van der Waals surface area contributed by atoms with Gasteiger partial charge in [0.05, 0.1) is 17.3 Å². The summed E-state index contributed by atoms with van der Waals surface area (Å²) in [6.45, 7) is 2.14. The van der Waals surface area contributed by atoms with Crippen molar-refractivity contribution in [3.05, 3.63) is 47.8 Å². The summed E-state index contributed by atoms with van der Waals surface area (Å²) in [5.74, 6) is 0.484. The van der Waals surface area contributed by atoms with Crippen LogP contribution in [0.4, 0.5) is 0 Å². The first-order valence-corrected chi connectivity index (χ1v) is 5.57. The topological polar surface area (TPSA) is 17.8 Å². The number of aromatic nitrogens is 2. The van der Waals surface area contributed by atoms with E-state index in [9.17, 15) is 0 Å². The van der Waals surface area contributed by atoms with E-state index in [-0.39, 0.29) is 0 Å². The van der Waals surface area contributed by atoms with Gasteiger partial charge in [0.2, 0.25) is 0 Å². The van der Waals surface area contributed by atoms with E-state index in [1.54, 1.807) is 6.20 Å². The number of hydrogen-bond acceptors (Lipinski definition) is 1. The number of nitrogens with zero attached hydrogens (tertiary/aromatic N) is 2. The molecule has 0 radical (unpaired) electrons. The second kappa shape index (κ2) is 4.49. The molecule has 1 aromatic heterocycles. The molecule has 1 heterocycles. The van der Waals surface area contributed by atoms with E-state index < -0.39 is 0 Å². The van der Waals surface area contributed by atoms with E-state index in [1.807, 2.05) is 22.9 Å². The van der Waals surface area contributed by atoms with Crippen LogP contribution in [-0.4, -0.2) is 9.78 Å². The van der Waals surface area contributed by atoms with Gasteiger partial charge in [0.25, 0.3) is 0 Å². The Labute approximate surface area is 94.5 Å². The third kappa shape index (κ3) is 1.90. The molecule has 0 fully saturated rings. The molecule has 0 bridgehead atoms. The van der Waals surface area contributed by atoms with Gasteiger partial charge in [0.15, 0.2) is 0 Å².